The molecule has 0 spiro atoms. The standard InChI is InChI=1S/C20H15Cl4N3O3/c1-11-17(19(24)27(26-11)9-12-5-2-3-6-13(12)21)20(29)30-10-16(28)25-18-14(22)7-4-8-15(18)23/h2-8H,9-10H2,1H3,(H,25,28). The number of nitrogens with zero attached hydrogens (tertiary/aromatic N) is 2. The molecule has 10 heteroatoms. The van der Waals surface area contributed by atoms with Crippen molar-refractivity contribution < 1.29 is 14.3 Å². The van der Waals surface area contributed by atoms with Crippen molar-refractivity contribution in [3.8, 4) is 0 Å². The predicted molar refractivity (Wildman–Crippen MR) is 118 cm³/mol. The van der Waals surface area contributed by atoms with Gasteiger partial charge in [0.2, 0.25) is 0 Å². The molecule has 1 amide bonds. The highest BCUT2D eigenvalue weighted by molar-refractivity contribution is 6.39. The molecule has 0 radical (unpaired) electrons. The third kappa shape index (κ3) is 5.08. The van der Waals surface area contributed by atoms with Crippen molar-refractivity contribution in [1.82, 2.24) is 9.78 Å². The number of amides is 1. The van der Waals surface area contributed by atoms with Crippen molar-refractivity contribution in [2.24, 2.45) is 0 Å². The summed E-state index contributed by atoms with van der Waals surface area (Å²) in [7, 11) is 0. The lowest BCUT2D eigenvalue weighted by Crippen LogP contribution is -2.21. The van der Waals surface area contributed by atoms with Crippen LogP contribution in [-0.4, -0.2) is 28.3 Å². The van der Waals surface area contributed by atoms with E-state index < -0.39 is 18.5 Å². The quantitative estimate of drug-likeness (QED) is 0.457. The fourth-order valence-corrected chi connectivity index (χ4v) is 3.67. The molecule has 1 N–H and O–H groups in total. The number of nitrogens with one attached hydrogen (secondary N) is 1. The first kappa shape index (κ1) is 22.4. The van der Waals surface area contributed by atoms with E-state index in [1.807, 2.05) is 18.2 Å². The molecule has 0 bridgehead atoms. The number of hydrogen-bond acceptors (Lipinski definition) is 4. The fourth-order valence-electron chi connectivity index (χ4n) is 2.67. The zero-order chi connectivity index (χ0) is 21.8. The molecule has 0 aliphatic heterocycles. The van der Waals surface area contributed by atoms with Gasteiger partial charge in [-0.3, -0.25) is 4.79 Å². The summed E-state index contributed by atoms with van der Waals surface area (Å²) in [5.74, 6) is -1.38. The number of rotatable bonds is 6. The second-order valence-electron chi connectivity index (χ2n) is 6.22. The van der Waals surface area contributed by atoms with Gasteiger partial charge in [-0.05, 0) is 30.7 Å². The van der Waals surface area contributed by atoms with E-state index in [0.717, 1.165) is 5.56 Å². The van der Waals surface area contributed by atoms with E-state index in [0.29, 0.717) is 10.7 Å². The average molecular weight is 487 g/mol. The maximum atomic E-state index is 12.5. The number of ether oxygens (including phenoxy) is 1. The van der Waals surface area contributed by atoms with Gasteiger partial charge < -0.3 is 10.1 Å². The number of aryl methyl sites for hydroxylation is 1. The van der Waals surface area contributed by atoms with Crippen LogP contribution >= 0.6 is 46.4 Å². The third-order valence-electron chi connectivity index (χ3n) is 4.11. The normalized spacial score (nSPS) is 10.7. The Bertz CT molecular complexity index is 1090. The van der Waals surface area contributed by atoms with Crippen LogP contribution in [0.15, 0.2) is 42.5 Å². The Morgan fingerprint density at radius 2 is 1.63 bits per heavy atom. The van der Waals surface area contributed by atoms with Crippen molar-refractivity contribution in [3.05, 3.63) is 79.5 Å². The lowest BCUT2D eigenvalue weighted by molar-refractivity contribution is -0.119. The largest absolute Gasteiger partial charge is 0.452 e. The number of esters is 1. The molecular formula is C20H15Cl4N3O3. The van der Waals surface area contributed by atoms with Gasteiger partial charge >= 0.3 is 5.97 Å². The Morgan fingerprint density at radius 3 is 2.30 bits per heavy atom. The second kappa shape index (κ2) is 9.71. The molecule has 0 unspecified atom stereocenters. The molecule has 0 saturated heterocycles. The van der Waals surface area contributed by atoms with E-state index >= 15 is 0 Å². The number of anilines is 1. The summed E-state index contributed by atoms with van der Waals surface area (Å²) in [6, 6.07) is 12.0. The molecule has 3 rings (SSSR count). The molecule has 6 nitrogen and oxygen atoms in total. The van der Waals surface area contributed by atoms with Crippen LogP contribution in [-0.2, 0) is 16.1 Å². The van der Waals surface area contributed by atoms with E-state index in [-0.39, 0.29) is 33.0 Å². The number of carbonyl (C=O) groups excluding carboxylic acids is 2. The minimum Gasteiger partial charge on any atom is -0.452 e. The second-order valence-corrected chi connectivity index (χ2v) is 7.80. The van der Waals surface area contributed by atoms with Gasteiger partial charge in [0.05, 0.1) is 28.0 Å². The number of aromatic nitrogens is 2. The van der Waals surface area contributed by atoms with Crippen molar-refractivity contribution in [2.45, 2.75) is 13.5 Å². The van der Waals surface area contributed by atoms with Gasteiger partial charge in [-0.1, -0.05) is 70.7 Å². The average Bonchev–Trinajstić information content (AvgIpc) is 2.98. The SMILES string of the molecule is Cc1nn(Cc2ccccc2Cl)c(Cl)c1C(=O)OCC(=O)Nc1c(Cl)cccc1Cl. The van der Waals surface area contributed by atoms with E-state index in [9.17, 15) is 9.59 Å². The summed E-state index contributed by atoms with van der Waals surface area (Å²) in [4.78, 5) is 24.6. The predicted octanol–water partition coefficient (Wildman–Crippen LogP) is 5.65. The summed E-state index contributed by atoms with van der Waals surface area (Å²) in [6.07, 6.45) is 0. The number of halogens is 4. The topological polar surface area (TPSA) is 73.2 Å². The Hall–Kier alpha value is -2.25. The number of benzene rings is 2. The van der Waals surface area contributed by atoms with Crippen LogP contribution in [0.2, 0.25) is 20.2 Å². The number of para-hydroxylation sites is 1. The molecule has 0 atom stereocenters. The molecule has 0 fully saturated rings. The fraction of sp³-hybridized carbons (Fsp3) is 0.150. The molecule has 2 aromatic carbocycles. The molecule has 0 aliphatic carbocycles. The van der Waals surface area contributed by atoms with Crippen molar-refractivity contribution >= 4 is 64.0 Å². The molecule has 0 aliphatic rings. The maximum Gasteiger partial charge on any atom is 0.343 e. The van der Waals surface area contributed by atoms with Crippen LogP contribution in [0.5, 0.6) is 0 Å². The van der Waals surface area contributed by atoms with Gasteiger partial charge in [-0.2, -0.15) is 5.10 Å². The van der Waals surface area contributed by atoms with Gasteiger partial charge in [0.25, 0.3) is 5.91 Å². The Kier molecular flexibility index (Phi) is 7.26. The monoisotopic (exact) mass is 485 g/mol. The zero-order valence-corrected chi connectivity index (χ0v) is 18.6. The van der Waals surface area contributed by atoms with Gasteiger partial charge in [0, 0.05) is 5.02 Å². The van der Waals surface area contributed by atoms with Crippen LogP contribution in [0.3, 0.4) is 0 Å². The molecule has 3 aromatic rings. The Balaban J connectivity index is 1.68. The number of carbonyl (C=O) groups is 2. The zero-order valence-electron chi connectivity index (χ0n) is 15.6. The summed E-state index contributed by atoms with van der Waals surface area (Å²) in [5.41, 5.74) is 1.47. The highest BCUT2D eigenvalue weighted by atomic mass is 35.5. The van der Waals surface area contributed by atoms with E-state index in [1.54, 1.807) is 31.2 Å². The van der Waals surface area contributed by atoms with Gasteiger partial charge in [-0.15, -0.1) is 0 Å². The molecular weight excluding hydrogens is 472 g/mol. The summed E-state index contributed by atoms with van der Waals surface area (Å²) >= 11 is 24.5. The first-order valence-electron chi connectivity index (χ1n) is 8.65. The van der Waals surface area contributed by atoms with E-state index in [4.69, 9.17) is 51.1 Å². The molecule has 1 heterocycles. The molecule has 156 valence electrons. The first-order chi connectivity index (χ1) is 14.3. The Morgan fingerprint density at radius 1 is 1.00 bits per heavy atom. The molecule has 30 heavy (non-hydrogen) atoms. The third-order valence-corrected chi connectivity index (χ3v) is 5.49. The lowest BCUT2D eigenvalue weighted by Gasteiger charge is -2.09. The van der Waals surface area contributed by atoms with Crippen molar-refractivity contribution in [3.63, 3.8) is 0 Å². The van der Waals surface area contributed by atoms with Gasteiger partial charge in [-0.25, -0.2) is 9.48 Å². The Labute approximate surface area is 192 Å². The van der Waals surface area contributed by atoms with Crippen LogP contribution in [0, 0.1) is 6.92 Å². The lowest BCUT2D eigenvalue weighted by atomic mass is 10.2. The van der Waals surface area contributed by atoms with Crippen molar-refractivity contribution in [2.75, 3.05) is 11.9 Å². The summed E-state index contributed by atoms with van der Waals surface area (Å²) in [6.45, 7) is 1.35. The number of hydrogen-bond donors (Lipinski definition) is 1. The van der Waals surface area contributed by atoms with E-state index in [2.05, 4.69) is 10.4 Å². The smallest absolute Gasteiger partial charge is 0.343 e. The molecule has 0 saturated carbocycles. The van der Waals surface area contributed by atoms with Crippen LogP contribution < -0.4 is 5.32 Å². The summed E-state index contributed by atoms with van der Waals surface area (Å²) < 4.78 is 6.53. The highest BCUT2D eigenvalue weighted by Gasteiger charge is 2.23. The van der Waals surface area contributed by atoms with Gasteiger partial charge in [0.1, 0.15) is 10.7 Å². The maximum absolute atomic E-state index is 12.5. The van der Waals surface area contributed by atoms with E-state index in [1.165, 1.54) is 4.68 Å². The minimum atomic E-state index is -0.775. The summed E-state index contributed by atoms with van der Waals surface area (Å²) in [5, 5.41) is 7.96. The van der Waals surface area contributed by atoms with Crippen LogP contribution in [0.4, 0.5) is 5.69 Å². The van der Waals surface area contributed by atoms with Crippen LogP contribution in [0.1, 0.15) is 21.6 Å². The van der Waals surface area contributed by atoms with Crippen molar-refractivity contribution in [1.29, 1.82) is 0 Å². The highest BCUT2D eigenvalue weighted by Crippen LogP contribution is 2.29. The molecule has 1 aromatic heterocycles. The van der Waals surface area contributed by atoms with Crippen LogP contribution in [0.25, 0.3) is 0 Å². The minimum absolute atomic E-state index is 0.0762. The van der Waals surface area contributed by atoms with Gasteiger partial charge in [0.15, 0.2) is 6.61 Å². The first-order valence-corrected chi connectivity index (χ1v) is 10.2.